The second-order valence-corrected chi connectivity index (χ2v) is 12.9. The lowest BCUT2D eigenvalue weighted by molar-refractivity contribution is 1.17. The van der Waals surface area contributed by atoms with Crippen LogP contribution in [-0.2, 0) is 0 Å². The van der Waals surface area contributed by atoms with E-state index in [0.717, 1.165) is 5.69 Å². The summed E-state index contributed by atoms with van der Waals surface area (Å²) in [5.41, 5.74) is 9.69. The Labute approximate surface area is 276 Å². The van der Waals surface area contributed by atoms with E-state index in [1.54, 1.807) is 0 Å². The molecular weight excluding hydrogens is 581 g/mol. The Morgan fingerprint density at radius 1 is 0.312 bits per heavy atom. The van der Waals surface area contributed by atoms with E-state index in [0.29, 0.717) is 0 Å². The van der Waals surface area contributed by atoms with Gasteiger partial charge in [0, 0.05) is 32.9 Å². The molecule has 0 saturated carbocycles. The number of nitrogens with zero attached hydrogens (tertiary/aromatic N) is 2. The molecule has 0 atom stereocenters. The number of aromatic nitrogens is 2. The van der Waals surface area contributed by atoms with Crippen molar-refractivity contribution in [3.05, 3.63) is 170 Å². The summed E-state index contributed by atoms with van der Waals surface area (Å²) in [5.74, 6) is 0. The summed E-state index contributed by atoms with van der Waals surface area (Å²) in [4.78, 5) is 0. The van der Waals surface area contributed by atoms with Gasteiger partial charge < -0.3 is 9.13 Å². The number of rotatable bonds is 3. The van der Waals surface area contributed by atoms with Crippen molar-refractivity contribution in [2.45, 2.75) is 0 Å². The highest BCUT2D eigenvalue weighted by molar-refractivity contribution is 6.27. The molecule has 0 spiro atoms. The van der Waals surface area contributed by atoms with Gasteiger partial charge in [-0.25, -0.2) is 0 Å². The van der Waals surface area contributed by atoms with Gasteiger partial charge in [0.15, 0.2) is 0 Å². The summed E-state index contributed by atoms with van der Waals surface area (Å²) in [5, 5.41) is 12.9. The van der Waals surface area contributed by atoms with Crippen LogP contribution in [0.2, 0.25) is 0 Å². The molecule has 0 N–H and O–H groups in total. The standard InChI is InChI=1S/C46H28N2/c1-2-13-33(14-3-1)48-40-18-6-4-16-36(40)38-26-27-42-45(46(38)48)39-17-5-7-19-41(39)47(42)34-15-9-12-32(28-34)35-24-22-31-21-20-29-10-8-11-30-23-25-37(35)44(31)43(29)30/h1-28H. The fraction of sp³-hybridized carbons (Fsp3) is 0. The number of benzene rings is 9. The molecule has 0 aliphatic rings. The summed E-state index contributed by atoms with van der Waals surface area (Å²) in [6.45, 7) is 0. The Morgan fingerprint density at radius 3 is 1.77 bits per heavy atom. The van der Waals surface area contributed by atoms with Crippen molar-refractivity contribution in [2.24, 2.45) is 0 Å². The first-order valence-electron chi connectivity index (χ1n) is 16.6. The Kier molecular flexibility index (Phi) is 5.14. The van der Waals surface area contributed by atoms with Crippen LogP contribution in [0.4, 0.5) is 0 Å². The van der Waals surface area contributed by atoms with Crippen LogP contribution in [0.15, 0.2) is 170 Å². The molecule has 0 radical (unpaired) electrons. The molecule has 2 heterocycles. The summed E-state index contributed by atoms with van der Waals surface area (Å²) < 4.78 is 4.90. The van der Waals surface area contributed by atoms with Gasteiger partial charge in [-0.1, -0.05) is 127 Å². The Hall–Kier alpha value is -6.38. The molecule has 11 rings (SSSR count). The first-order valence-corrected chi connectivity index (χ1v) is 16.6. The van der Waals surface area contributed by atoms with E-state index in [-0.39, 0.29) is 0 Å². The van der Waals surface area contributed by atoms with E-state index < -0.39 is 0 Å². The summed E-state index contributed by atoms with van der Waals surface area (Å²) >= 11 is 0. The number of fused-ring (bicyclic) bond motifs is 7. The van der Waals surface area contributed by atoms with Gasteiger partial charge in [0.25, 0.3) is 0 Å². The van der Waals surface area contributed by atoms with Crippen LogP contribution < -0.4 is 0 Å². The van der Waals surface area contributed by atoms with Crippen molar-refractivity contribution < 1.29 is 0 Å². The highest BCUT2D eigenvalue weighted by atomic mass is 15.0. The van der Waals surface area contributed by atoms with Crippen LogP contribution in [0.5, 0.6) is 0 Å². The minimum atomic E-state index is 1.16. The molecule has 0 bridgehead atoms. The zero-order valence-electron chi connectivity index (χ0n) is 26.1. The summed E-state index contributed by atoms with van der Waals surface area (Å²) in [7, 11) is 0. The molecule has 2 nitrogen and oxygen atoms in total. The lowest BCUT2D eigenvalue weighted by Gasteiger charge is -2.15. The smallest absolute Gasteiger partial charge is 0.0641 e. The molecule has 0 unspecified atom stereocenters. The van der Waals surface area contributed by atoms with E-state index in [4.69, 9.17) is 0 Å². The van der Waals surface area contributed by atoms with Crippen LogP contribution in [0.3, 0.4) is 0 Å². The third-order valence-electron chi connectivity index (χ3n) is 10.4. The van der Waals surface area contributed by atoms with Crippen LogP contribution in [0.25, 0.3) is 98.4 Å². The normalized spacial score (nSPS) is 12.2. The SMILES string of the molecule is c1ccc(-n2c3ccccc3c3ccc4c(c5ccccc5n4-c4cccc(-c5ccc6ccc7cccc8ccc5c6c78)c4)c32)cc1. The zero-order chi connectivity index (χ0) is 31.3. The molecule has 0 amide bonds. The number of hydrogen-bond donors (Lipinski definition) is 0. The average Bonchev–Trinajstić information content (AvgIpc) is 3.67. The van der Waals surface area contributed by atoms with Crippen LogP contribution in [0, 0.1) is 0 Å². The van der Waals surface area contributed by atoms with Crippen molar-refractivity contribution in [1.82, 2.24) is 9.13 Å². The molecule has 0 saturated heterocycles. The lowest BCUT2D eigenvalue weighted by Crippen LogP contribution is -1.96. The van der Waals surface area contributed by atoms with Gasteiger partial charge in [0.2, 0.25) is 0 Å². The zero-order valence-corrected chi connectivity index (χ0v) is 26.1. The van der Waals surface area contributed by atoms with Gasteiger partial charge >= 0.3 is 0 Å². The minimum Gasteiger partial charge on any atom is -0.309 e. The van der Waals surface area contributed by atoms with Gasteiger partial charge in [-0.15, -0.1) is 0 Å². The fourth-order valence-corrected chi connectivity index (χ4v) is 8.43. The van der Waals surface area contributed by atoms with Gasteiger partial charge in [-0.2, -0.15) is 0 Å². The Balaban J connectivity index is 1.21. The second-order valence-electron chi connectivity index (χ2n) is 12.9. The maximum atomic E-state index is 2.45. The van der Waals surface area contributed by atoms with E-state index >= 15 is 0 Å². The van der Waals surface area contributed by atoms with E-state index in [1.165, 1.54) is 92.7 Å². The monoisotopic (exact) mass is 608 g/mol. The summed E-state index contributed by atoms with van der Waals surface area (Å²) in [6.07, 6.45) is 0. The number of para-hydroxylation sites is 3. The van der Waals surface area contributed by atoms with Crippen molar-refractivity contribution >= 4 is 75.9 Å². The largest absolute Gasteiger partial charge is 0.309 e. The lowest BCUT2D eigenvalue weighted by atomic mass is 9.90. The van der Waals surface area contributed by atoms with Crippen molar-refractivity contribution in [1.29, 1.82) is 0 Å². The highest BCUT2D eigenvalue weighted by Gasteiger charge is 2.21. The predicted molar refractivity (Wildman–Crippen MR) is 204 cm³/mol. The van der Waals surface area contributed by atoms with Gasteiger partial charge in [0.1, 0.15) is 0 Å². The molecular formula is C46H28N2. The topological polar surface area (TPSA) is 9.86 Å². The predicted octanol–water partition coefficient (Wildman–Crippen LogP) is 12.4. The molecule has 0 aliphatic heterocycles. The van der Waals surface area contributed by atoms with Gasteiger partial charge in [-0.05, 0) is 85.9 Å². The van der Waals surface area contributed by atoms with Crippen molar-refractivity contribution in [2.75, 3.05) is 0 Å². The quantitative estimate of drug-likeness (QED) is 0.177. The maximum Gasteiger partial charge on any atom is 0.0641 e. The first kappa shape index (κ1) is 25.8. The number of hydrogen-bond acceptors (Lipinski definition) is 0. The average molecular weight is 609 g/mol. The summed E-state index contributed by atoms with van der Waals surface area (Å²) in [6, 6.07) is 62.5. The molecule has 2 heteroatoms. The molecule has 0 aliphatic carbocycles. The second kappa shape index (κ2) is 9.57. The van der Waals surface area contributed by atoms with Gasteiger partial charge in [0.05, 0.1) is 22.1 Å². The van der Waals surface area contributed by atoms with E-state index in [2.05, 4.69) is 179 Å². The van der Waals surface area contributed by atoms with Crippen molar-refractivity contribution in [3.63, 3.8) is 0 Å². The molecule has 222 valence electrons. The van der Waals surface area contributed by atoms with Crippen molar-refractivity contribution in [3.8, 4) is 22.5 Å². The van der Waals surface area contributed by atoms with Gasteiger partial charge in [-0.3, -0.25) is 0 Å². The highest BCUT2D eigenvalue weighted by Crippen LogP contribution is 2.43. The molecule has 0 fully saturated rings. The first-order chi connectivity index (χ1) is 23.8. The third-order valence-corrected chi connectivity index (χ3v) is 10.4. The van der Waals surface area contributed by atoms with E-state index in [1.807, 2.05) is 0 Å². The molecule has 2 aromatic heterocycles. The van der Waals surface area contributed by atoms with Crippen LogP contribution in [0.1, 0.15) is 0 Å². The Morgan fingerprint density at radius 2 is 0.938 bits per heavy atom. The fourth-order valence-electron chi connectivity index (χ4n) is 8.43. The minimum absolute atomic E-state index is 1.16. The van der Waals surface area contributed by atoms with Crippen LogP contribution >= 0.6 is 0 Å². The molecule has 9 aromatic carbocycles. The molecule has 48 heavy (non-hydrogen) atoms. The van der Waals surface area contributed by atoms with E-state index in [9.17, 15) is 0 Å². The Bertz CT molecular complexity index is 3030. The maximum absolute atomic E-state index is 2.45. The molecule has 11 aromatic rings. The van der Waals surface area contributed by atoms with Crippen LogP contribution in [-0.4, -0.2) is 9.13 Å². The third kappa shape index (κ3) is 3.41.